The SMILES string of the molecule is CC(C)[C@@H]1CC[C@@H](C)C[C@H]1OCC(=O)N(C)Cc1nnc2n1CCC2. The summed E-state index contributed by atoms with van der Waals surface area (Å²) in [5, 5.41) is 8.44. The molecular formula is C19H32N4O2. The molecule has 1 aromatic heterocycles. The van der Waals surface area contributed by atoms with E-state index in [1.54, 1.807) is 4.90 Å². The van der Waals surface area contributed by atoms with E-state index in [1.165, 1.54) is 12.8 Å². The third-order valence-corrected chi connectivity index (χ3v) is 5.87. The van der Waals surface area contributed by atoms with Crippen LogP contribution in [0.4, 0.5) is 0 Å². The first kappa shape index (κ1) is 18.4. The summed E-state index contributed by atoms with van der Waals surface area (Å²) >= 11 is 0. The second-order valence-corrected chi connectivity index (χ2v) is 8.21. The number of rotatable bonds is 6. The van der Waals surface area contributed by atoms with E-state index in [0.29, 0.717) is 24.3 Å². The van der Waals surface area contributed by atoms with E-state index in [2.05, 4.69) is 35.5 Å². The predicted octanol–water partition coefficient (Wildman–Crippen LogP) is 2.66. The van der Waals surface area contributed by atoms with Crippen molar-refractivity contribution in [1.82, 2.24) is 19.7 Å². The first-order chi connectivity index (χ1) is 12.0. The summed E-state index contributed by atoms with van der Waals surface area (Å²) in [5.74, 6) is 3.80. The Morgan fingerprint density at radius 3 is 2.92 bits per heavy atom. The summed E-state index contributed by atoms with van der Waals surface area (Å²) in [5.41, 5.74) is 0. The lowest BCUT2D eigenvalue weighted by Gasteiger charge is -2.37. The fraction of sp³-hybridized carbons (Fsp3) is 0.842. The molecular weight excluding hydrogens is 316 g/mol. The highest BCUT2D eigenvalue weighted by Gasteiger charge is 2.32. The standard InChI is InChI=1S/C19H32N4O2/c1-13(2)15-8-7-14(3)10-16(15)25-12-19(24)22(4)11-18-21-20-17-6-5-9-23(17)18/h13-16H,5-12H2,1-4H3/t14-,15+,16-/m1/s1. The minimum Gasteiger partial charge on any atom is -0.368 e. The lowest BCUT2D eigenvalue weighted by atomic mass is 9.75. The fourth-order valence-corrected chi connectivity index (χ4v) is 4.22. The zero-order valence-corrected chi connectivity index (χ0v) is 16.1. The van der Waals surface area contributed by atoms with Gasteiger partial charge in [-0.25, -0.2) is 0 Å². The van der Waals surface area contributed by atoms with Gasteiger partial charge in [-0.05, 0) is 37.0 Å². The number of aromatic nitrogens is 3. The van der Waals surface area contributed by atoms with E-state index in [1.807, 2.05) is 7.05 Å². The number of hydrogen-bond donors (Lipinski definition) is 0. The lowest BCUT2D eigenvalue weighted by Crippen LogP contribution is -2.38. The van der Waals surface area contributed by atoms with Crippen molar-refractivity contribution in [1.29, 1.82) is 0 Å². The van der Waals surface area contributed by atoms with Gasteiger partial charge in [-0.3, -0.25) is 4.79 Å². The van der Waals surface area contributed by atoms with Crippen LogP contribution in [0.25, 0.3) is 0 Å². The highest BCUT2D eigenvalue weighted by atomic mass is 16.5. The number of likely N-dealkylation sites (N-methyl/N-ethyl adjacent to an activating group) is 1. The Morgan fingerprint density at radius 1 is 1.36 bits per heavy atom. The monoisotopic (exact) mass is 348 g/mol. The zero-order chi connectivity index (χ0) is 18.0. The van der Waals surface area contributed by atoms with Crippen LogP contribution in [0.2, 0.25) is 0 Å². The molecule has 0 saturated heterocycles. The molecule has 0 N–H and O–H groups in total. The molecule has 6 heteroatoms. The molecule has 0 aromatic carbocycles. The van der Waals surface area contributed by atoms with Crippen molar-refractivity contribution in [2.75, 3.05) is 13.7 Å². The number of hydrogen-bond acceptors (Lipinski definition) is 4. The largest absolute Gasteiger partial charge is 0.368 e. The highest BCUT2D eigenvalue weighted by molar-refractivity contribution is 5.77. The minimum atomic E-state index is 0.0241. The molecule has 0 bridgehead atoms. The van der Waals surface area contributed by atoms with Crippen LogP contribution in [-0.4, -0.2) is 45.3 Å². The number of fused-ring (bicyclic) bond motifs is 1. The maximum absolute atomic E-state index is 12.5. The summed E-state index contributed by atoms with van der Waals surface area (Å²) in [6.07, 6.45) is 5.86. The van der Waals surface area contributed by atoms with Crippen LogP contribution >= 0.6 is 0 Å². The Morgan fingerprint density at radius 2 is 2.16 bits per heavy atom. The second-order valence-electron chi connectivity index (χ2n) is 8.21. The Labute approximate surface area is 150 Å². The number of amides is 1. The van der Waals surface area contributed by atoms with Crippen molar-refractivity contribution >= 4 is 5.91 Å². The number of carbonyl (C=O) groups is 1. The zero-order valence-electron chi connectivity index (χ0n) is 16.1. The van der Waals surface area contributed by atoms with Crippen molar-refractivity contribution < 1.29 is 9.53 Å². The lowest BCUT2D eigenvalue weighted by molar-refractivity contribution is -0.141. The summed E-state index contributed by atoms with van der Waals surface area (Å²) in [4.78, 5) is 14.2. The minimum absolute atomic E-state index is 0.0241. The Bertz CT molecular complexity index is 598. The smallest absolute Gasteiger partial charge is 0.248 e. The van der Waals surface area contributed by atoms with Crippen LogP contribution in [0.3, 0.4) is 0 Å². The molecule has 1 saturated carbocycles. The molecule has 0 spiro atoms. The Kier molecular flexibility index (Phi) is 5.77. The molecule has 0 unspecified atom stereocenters. The predicted molar refractivity (Wildman–Crippen MR) is 95.9 cm³/mol. The van der Waals surface area contributed by atoms with Gasteiger partial charge in [0, 0.05) is 20.0 Å². The van der Waals surface area contributed by atoms with Gasteiger partial charge in [0.25, 0.3) is 0 Å². The maximum Gasteiger partial charge on any atom is 0.248 e. The van der Waals surface area contributed by atoms with E-state index in [0.717, 1.165) is 37.5 Å². The molecule has 1 aliphatic heterocycles. The normalized spacial score (nSPS) is 26.0. The van der Waals surface area contributed by atoms with Crippen LogP contribution in [0.15, 0.2) is 0 Å². The third kappa shape index (κ3) is 4.22. The van der Waals surface area contributed by atoms with Crippen LogP contribution in [-0.2, 0) is 29.0 Å². The van der Waals surface area contributed by atoms with Crippen molar-refractivity contribution in [3.05, 3.63) is 11.6 Å². The molecule has 0 radical (unpaired) electrons. The van der Waals surface area contributed by atoms with E-state index in [-0.39, 0.29) is 18.6 Å². The van der Waals surface area contributed by atoms with Gasteiger partial charge in [-0.1, -0.05) is 27.2 Å². The highest BCUT2D eigenvalue weighted by Crippen LogP contribution is 2.35. The van der Waals surface area contributed by atoms with Crippen molar-refractivity contribution in [3.63, 3.8) is 0 Å². The van der Waals surface area contributed by atoms with E-state index < -0.39 is 0 Å². The van der Waals surface area contributed by atoms with Crippen molar-refractivity contribution in [2.45, 2.75) is 72.1 Å². The van der Waals surface area contributed by atoms with Gasteiger partial charge in [0.1, 0.15) is 12.4 Å². The molecule has 2 aliphatic rings. The average Bonchev–Trinajstić information content (AvgIpc) is 3.17. The summed E-state index contributed by atoms with van der Waals surface area (Å²) in [7, 11) is 1.83. The average molecular weight is 348 g/mol. The van der Waals surface area contributed by atoms with Gasteiger partial charge in [-0.15, -0.1) is 10.2 Å². The summed E-state index contributed by atoms with van der Waals surface area (Å²) in [6.45, 7) is 8.44. The van der Waals surface area contributed by atoms with Gasteiger partial charge in [0.15, 0.2) is 5.82 Å². The first-order valence-corrected chi connectivity index (χ1v) is 9.72. The third-order valence-electron chi connectivity index (χ3n) is 5.87. The molecule has 1 aliphatic carbocycles. The van der Waals surface area contributed by atoms with Crippen LogP contribution in [0, 0.1) is 17.8 Å². The number of nitrogens with zero attached hydrogens (tertiary/aromatic N) is 4. The maximum atomic E-state index is 12.5. The summed E-state index contributed by atoms with van der Waals surface area (Å²) < 4.78 is 8.23. The van der Waals surface area contributed by atoms with Gasteiger partial charge in [0.2, 0.25) is 5.91 Å². The molecule has 140 valence electrons. The van der Waals surface area contributed by atoms with Crippen molar-refractivity contribution in [2.24, 2.45) is 17.8 Å². The Balaban J connectivity index is 1.52. The quantitative estimate of drug-likeness (QED) is 0.793. The number of aryl methyl sites for hydroxylation is 1. The Hall–Kier alpha value is -1.43. The molecule has 6 nitrogen and oxygen atoms in total. The molecule has 1 fully saturated rings. The molecule has 2 heterocycles. The van der Waals surface area contributed by atoms with Gasteiger partial charge in [-0.2, -0.15) is 0 Å². The van der Waals surface area contributed by atoms with E-state index in [9.17, 15) is 4.79 Å². The molecule has 3 rings (SSSR count). The molecule has 3 atom stereocenters. The van der Waals surface area contributed by atoms with Gasteiger partial charge < -0.3 is 14.2 Å². The van der Waals surface area contributed by atoms with Crippen LogP contribution in [0.5, 0.6) is 0 Å². The van der Waals surface area contributed by atoms with Crippen LogP contribution in [0.1, 0.15) is 58.1 Å². The van der Waals surface area contributed by atoms with Gasteiger partial charge >= 0.3 is 0 Å². The molecule has 25 heavy (non-hydrogen) atoms. The fourth-order valence-electron chi connectivity index (χ4n) is 4.22. The summed E-state index contributed by atoms with van der Waals surface area (Å²) in [6, 6.07) is 0. The second kappa shape index (κ2) is 7.85. The first-order valence-electron chi connectivity index (χ1n) is 9.72. The van der Waals surface area contributed by atoms with Crippen molar-refractivity contribution in [3.8, 4) is 0 Å². The van der Waals surface area contributed by atoms with Gasteiger partial charge in [0.05, 0.1) is 12.6 Å². The number of ether oxygens (including phenoxy) is 1. The van der Waals surface area contributed by atoms with E-state index >= 15 is 0 Å². The molecule has 1 amide bonds. The topological polar surface area (TPSA) is 60.2 Å². The van der Waals surface area contributed by atoms with E-state index in [4.69, 9.17) is 4.74 Å². The molecule has 1 aromatic rings. The number of carbonyl (C=O) groups excluding carboxylic acids is 1. The van der Waals surface area contributed by atoms with Crippen LogP contribution < -0.4 is 0 Å².